The molecule has 4 nitrogen and oxygen atoms in total. The number of fused-ring (bicyclic) bond motifs is 1. The molecule has 0 radical (unpaired) electrons. The first kappa shape index (κ1) is 23.8. The summed E-state index contributed by atoms with van der Waals surface area (Å²) in [7, 11) is 0. The van der Waals surface area contributed by atoms with Crippen molar-refractivity contribution in [2.75, 3.05) is 0 Å². The second-order valence-corrected chi connectivity index (χ2v) is 8.12. The predicted molar refractivity (Wildman–Crippen MR) is 121 cm³/mol. The van der Waals surface area contributed by atoms with Crippen molar-refractivity contribution >= 4 is 34.7 Å². The molecule has 0 saturated carbocycles. The van der Waals surface area contributed by atoms with Crippen LogP contribution in [-0.4, -0.2) is 16.5 Å². The van der Waals surface area contributed by atoms with Crippen LogP contribution >= 0.6 is 23.2 Å². The maximum absolute atomic E-state index is 13.7. The fourth-order valence-electron chi connectivity index (χ4n) is 3.62. The van der Waals surface area contributed by atoms with Gasteiger partial charge in [0.25, 0.3) is 0 Å². The third-order valence-electron chi connectivity index (χ3n) is 5.09. The SMILES string of the molecule is Cc1cc(F)ccc1-c1cccc2c(-c3c(Cl)cccc3Cl)c(=O)c(OC(=O)C(F)(F)F)cn12. The highest BCUT2D eigenvalue weighted by atomic mass is 35.5. The maximum atomic E-state index is 13.7. The summed E-state index contributed by atoms with van der Waals surface area (Å²) in [6.45, 7) is 1.65. The van der Waals surface area contributed by atoms with Gasteiger partial charge in [0, 0.05) is 11.1 Å². The summed E-state index contributed by atoms with van der Waals surface area (Å²) < 4.78 is 58.2. The standard InChI is InChI=1S/C24H13Cl2F4NO3/c1-12-10-13(27)8-9-14(12)17-6-3-7-18-21(20-15(25)4-2-5-16(20)26)22(32)19(11-31(17)18)34-23(33)24(28,29)30/h2-11H,1H3. The van der Waals surface area contributed by atoms with E-state index in [9.17, 15) is 27.2 Å². The largest absolute Gasteiger partial charge is 0.491 e. The topological polar surface area (TPSA) is 47.8 Å². The lowest BCUT2D eigenvalue weighted by atomic mass is 10.0. The summed E-state index contributed by atoms with van der Waals surface area (Å²) >= 11 is 12.6. The van der Waals surface area contributed by atoms with Crippen molar-refractivity contribution in [3.05, 3.63) is 92.4 Å². The molecule has 4 rings (SSSR count). The average molecular weight is 510 g/mol. The van der Waals surface area contributed by atoms with E-state index in [2.05, 4.69) is 4.74 Å². The van der Waals surface area contributed by atoms with Crippen LogP contribution in [0.3, 0.4) is 0 Å². The molecule has 0 amide bonds. The van der Waals surface area contributed by atoms with Gasteiger partial charge >= 0.3 is 12.1 Å². The number of alkyl halides is 3. The molecular formula is C24H13Cl2F4NO3. The van der Waals surface area contributed by atoms with Crippen molar-refractivity contribution in [2.24, 2.45) is 0 Å². The Morgan fingerprint density at radius 1 is 0.971 bits per heavy atom. The Morgan fingerprint density at radius 3 is 2.24 bits per heavy atom. The summed E-state index contributed by atoms with van der Waals surface area (Å²) in [6, 6.07) is 13.2. The Kier molecular flexibility index (Phi) is 6.14. The van der Waals surface area contributed by atoms with Crippen LogP contribution in [0.1, 0.15) is 5.56 Å². The van der Waals surface area contributed by atoms with Crippen LogP contribution in [0.4, 0.5) is 17.6 Å². The second-order valence-electron chi connectivity index (χ2n) is 7.31. The molecule has 0 saturated heterocycles. The number of benzene rings is 2. The first-order chi connectivity index (χ1) is 16.0. The molecular weight excluding hydrogens is 497 g/mol. The van der Waals surface area contributed by atoms with Gasteiger partial charge in [-0.05, 0) is 55.0 Å². The Hall–Kier alpha value is -3.36. The van der Waals surface area contributed by atoms with E-state index in [-0.39, 0.29) is 26.7 Å². The zero-order chi connectivity index (χ0) is 24.8. The van der Waals surface area contributed by atoms with Crippen molar-refractivity contribution in [3.8, 4) is 28.1 Å². The van der Waals surface area contributed by atoms with Crippen LogP contribution in [-0.2, 0) is 4.79 Å². The highest BCUT2D eigenvalue weighted by Crippen LogP contribution is 2.37. The Balaban J connectivity index is 2.12. The van der Waals surface area contributed by atoms with E-state index in [4.69, 9.17) is 23.2 Å². The number of aromatic nitrogens is 1. The zero-order valence-electron chi connectivity index (χ0n) is 17.2. The number of ether oxygens (including phenoxy) is 1. The fraction of sp³-hybridized carbons (Fsp3) is 0.0833. The third kappa shape index (κ3) is 4.26. The van der Waals surface area contributed by atoms with Crippen molar-refractivity contribution in [2.45, 2.75) is 13.1 Å². The second kappa shape index (κ2) is 8.77. The van der Waals surface area contributed by atoms with Gasteiger partial charge in [-0.1, -0.05) is 35.3 Å². The molecule has 34 heavy (non-hydrogen) atoms. The van der Waals surface area contributed by atoms with Gasteiger partial charge in [-0.2, -0.15) is 13.2 Å². The number of rotatable bonds is 3. The maximum Gasteiger partial charge on any atom is 0.491 e. The number of carbonyl (C=O) groups excluding carboxylic acids is 1. The molecule has 2 aromatic carbocycles. The van der Waals surface area contributed by atoms with Crippen LogP contribution in [0.25, 0.3) is 27.9 Å². The number of hydrogen-bond acceptors (Lipinski definition) is 3. The molecule has 0 aliphatic carbocycles. The van der Waals surface area contributed by atoms with Crippen LogP contribution in [0.5, 0.6) is 5.75 Å². The monoisotopic (exact) mass is 509 g/mol. The Morgan fingerprint density at radius 2 is 1.62 bits per heavy atom. The quantitative estimate of drug-likeness (QED) is 0.224. The summed E-state index contributed by atoms with van der Waals surface area (Å²) in [5.74, 6) is -3.91. The smallest absolute Gasteiger partial charge is 0.414 e. The predicted octanol–water partition coefficient (Wildman–Crippen LogP) is 6.86. The number of hydrogen-bond donors (Lipinski definition) is 0. The van der Waals surface area contributed by atoms with E-state index >= 15 is 0 Å². The van der Waals surface area contributed by atoms with Gasteiger partial charge < -0.3 is 9.14 Å². The minimum Gasteiger partial charge on any atom is -0.414 e. The first-order valence-electron chi connectivity index (χ1n) is 9.67. The van der Waals surface area contributed by atoms with Crippen molar-refractivity contribution in [1.82, 2.24) is 4.40 Å². The lowest BCUT2D eigenvalue weighted by molar-refractivity contribution is -0.189. The number of pyridine rings is 2. The van der Waals surface area contributed by atoms with Gasteiger partial charge in [-0.3, -0.25) is 4.79 Å². The van der Waals surface area contributed by atoms with Crippen molar-refractivity contribution in [1.29, 1.82) is 0 Å². The third-order valence-corrected chi connectivity index (χ3v) is 5.72. The molecule has 0 fully saturated rings. The zero-order valence-corrected chi connectivity index (χ0v) is 18.7. The van der Waals surface area contributed by atoms with E-state index in [0.717, 1.165) is 6.20 Å². The number of aryl methyl sites for hydroxylation is 1. The minimum atomic E-state index is -5.33. The van der Waals surface area contributed by atoms with E-state index < -0.39 is 29.1 Å². The molecule has 0 N–H and O–H groups in total. The van der Waals surface area contributed by atoms with Gasteiger partial charge in [0.1, 0.15) is 5.82 Å². The molecule has 0 bridgehead atoms. The van der Waals surface area contributed by atoms with Crippen LogP contribution in [0.15, 0.2) is 65.6 Å². The summed E-state index contributed by atoms with van der Waals surface area (Å²) in [5.41, 5.74) is 0.561. The van der Waals surface area contributed by atoms with Gasteiger partial charge in [0.05, 0.1) is 33.0 Å². The summed E-state index contributed by atoms with van der Waals surface area (Å²) in [4.78, 5) is 24.8. The number of carbonyl (C=O) groups is 1. The number of nitrogens with zero attached hydrogens (tertiary/aromatic N) is 1. The Bertz CT molecular complexity index is 1490. The normalized spacial score (nSPS) is 11.6. The van der Waals surface area contributed by atoms with Gasteiger partial charge in [-0.25, -0.2) is 9.18 Å². The van der Waals surface area contributed by atoms with E-state index in [0.29, 0.717) is 16.8 Å². The van der Waals surface area contributed by atoms with Crippen LogP contribution in [0, 0.1) is 12.7 Å². The fourth-order valence-corrected chi connectivity index (χ4v) is 4.21. The first-order valence-corrected chi connectivity index (χ1v) is 10.4. The van der Waals surface area contributed by atoms with E-state index in [1.165, 1.54) is 46.9 Å². The van der Waals surface area contributed by atoms with Crippen molar-refractivity contribution in [3.63, 3.8) is 0 Å². The molecule has 174 valence electrons. The number of halogens is 6. The molecule has 0 aliphatic rings. The molecule has 0 spiro atoms. The van der Waals surface area contributed by atoms with Gasteiger partial charge in [0.2, 0.25) is 5.43 Å². The highest BCUT2D eigenvalue weighted by molar-refractivity contribution is 6.39. The molecule has 0 unspecified atom stereocenters. The Labute approximate surface area is 199 Å². The summed E-state index contributed by atoms with van der Waals surface area (Å²) in [6.07, 6.45) is -4.35. The summed E-state index contributed by atoms with van der Waals surface area (Å²) in [5, 5.41) is 0.128. The molecule has 10 heteroatoms. The molecule has 4 aromatic rings. The molecule has 2 heterocycles. The molecule has 0 aliphatic heterocycles. The van der Waals surface area contributed by atoms with Crippen LogP contribution in [0.2, 0.25) is 10.0 Å². The van der Waals surface area contributed by atoms with E-state index in [1.54, 1.807) is 19.1 Å². The van der Waals surface area contributed by atoms with Crippen molar-refractivity contribution < 1.29 is 27.1 Å². The van der Waals surface area contributed by atoms with E-state index in [1.807, 2.05) is 0 Å². The highest BCUT2D eigenvalue weighted by Gasteiger charge is 2.42. The lowest BCUT2D eigenvalue weighted by Gasteiger charge is -2.17. The molecule has 2 aromatic heterocycles. The number of esters is 1. The minimum absolute atomic E-state index is 0.0613. The van der Waals surface area contributed by atoms with Gasteiger partial charge in [-0.15, -0.1) is 0 Å². The average Bonchev–Trinajstić information content (AvgIpc) is 2.75. The van der Waals surface area contributed by atoms with Gasteiger partial charge in [0.15, 0.2) is 5.75 Å². The molecule has 0 atom stereocenters. The van der Waals surface area contributed by atoms with Crippen LogP contribution < -0.4 is 10.2 Å². The lowest BCUT2D eigenvalue weighted by Crippen LogP contribution is -2.30.